The fraction of sp³-hybridized carbons (Fsp3) is 0.458. The van der Waals surface area contributed by atoms with Gasteiger partial charge >= 0.3 is 6.18 Å². The molecule has 1 aromatic carbocycles. The number of aromatic nitrogens is 2. The Labute approximate surface area is 201 Å². The van der Waals surface area contributed by atoms with Crippen molar-refractivity contribution in [1.82, 2.24) is 25.7 Å². The van der Waals surface area contributed by atoms with Crippen molar-refractivity contribution in [3.8, 4) is 0 Å². The Kier molecular flexibility index (Phi) is 7.84. The average molecular weight is 492 g/mol. The maximum atomic E-state index is 15.4. The minimum atomic E-state index is -4.55. The van der Waals surface area contributed by atoms with Crippen LogP contribution in [0.5, 0.6) is 0 Å². The van der Waals surface area contributed by atoms with Crippen LogP contribution in [0.1, 0.15) is 48.2 Å². The molecule has 0 amide bonds. The predicted molar refractivity (Wildman–Crippen MR) is 124 cm³/mol. The third-order valence-corrected chi connectivity index (χ3v) is 5.91. The number of hydrogen-bond acceptors (Lipinski definition) is 7. The highest BCUT2D eigenvalue weighted by Crippen LogP contribution is 2.32. The van der Waals surface area contributed by atoms with Crippen LogP contribution in [0, 0.1) is 0 Å². The topological polar surface area (TPSA) is 91.5 Å². The first kappa shape index (κ1) is 24.9. The Balaban J connectivity index is 1.40. The van der Waals surface area contributed by atoms with E-state index in [-0.39, 0.29) is 30.9 Å². The molecule has 188 valence electrons. The molecule has 0 bridgehead atoms. The summed E-state index contributed by atoms with van der Waals surface area (Å²) < 4.78 is 53.7. The van der Waals surface area contributed by atoms with Gasteiger partial charge in [-0.15, -0.1) is 5.10 Å². The van der Waals surface area contributed by atoms with Gasteiger partial charge < -0.3 is 21.3 Å². The molecule has 1 saturated carbocycles. The molecule has 0 atom stereocenters. The van der Waals surface area contributed by atoms with Crippen molar-refractivity contribution in [2.45, 2.75) is 57.4 Å². The average Bonchev–Trinajstić information content (AvgIpc) is 3.68. The second-order valence-electron chi connectivity index (χ2n) is 8.69. The Morgan fingerprint density at radius 1 is 1.03 bits per heavy atom. The largest absolute Gasteiger partial charge is 0.435 e. The number of amidine groups is 1. The maximum Gasteiger partial charge on any atom is 0.435 e. The molecule has 0 unspecified atom stereocenters. The summed E-state index contributed by atoms with van der Waals surface area (Å²) >= 11 is 0. The summed E-state index contributed by atoms with van der Waals surface area (Å²) in [5.41, 5.74) is 7.06. The summed E-state index contributed by atoms with van der Waals surface area (Å²) in [5, 5.41) is 13.0. The SMILES string of the molecule is NCCCCc1ccc(CNC2=C(F)C(N(Cc3ccc(C(F)(F)F)nn3)C3CC3)=NCN2)cc1. The molecule has 1 aliphatic carbocycles. The van der Waals surface area contributed by atoms with Crippen molar-refractivity contribution in [2.24, 2.45) is 10.7 Å². The van der Waals surface area contributed by atoms with Crippen LogP contribution in [-0.4, -0.2) is 40.2 Å². The zero-order valence-corrected chi connectivity index (χ0v) is 19.3. The lowest BCUT2D eigenvalue weighted by Crippen LogP contribution is -2.41. The van der Waals surface area contributed by atoms with Gasteiger partial charge in [-0.1, -0.05) is 24.3 Å². The van der Waals surface area contributed by atoms with E-state index in [9.17, 15) is 13.2 Å². The summed E-state index contributed by atoms with van der Waals surface area (Å²) in [4.78, 5) is 6.05. The lowest BCUT2D eigenvalue weighted by molar-refractivity contribution is -0.141. The van der Waals surface area contributed by atoms with Gasteiger partial charge in [-0.05, 0) is 61.9 Å². The van der Waals surface area contributed by atoms with Crippen LogP contribution in [0.15, 0.2) is 53.0 Å². The second-order valence-corrected chi connectivity index (χ2v) is 8.69. The van der Waals surface area contributed by atoms with Gasteiger partial charge in [0.05, 0.1) is 12.2 Å². The maximum absolute atomic E-state index is 15.4. The first-order valence-corrected chi connectivity index (χ1v) is 11.7. The Hall–Kier alpha value is -3.21. The van der Waals surface area contributed by atoms with Crippen LogP contribution in [0.2, 0.25) is 0 Å². The van der Waals surface area contributed by atoms with E-state index in [0.29, 0.717) is 18.8 Å². The minimum Gasteiger partial charge on any atom is -0.365 e. The lowest BCUT2D eigenvalue weighted by atomic mass is 10.1. The molecule has 1 aliphatic heterocycles. The van der Waals surface area contributed by atoms with Crippen molar-refractivity contribution in [1.29, 1.82) is 0 Å². The van der Waals surface area contributed by atoms with E-state index in [1.54, 1.807) is 4.90 Å². The molecule has 4 N–H and O–H groups in total. The molecule has 0 radical (unpaired) electrons. The van der Waals surface area contributed by atoms with Crippen LogP contribution in [0.25, 0.3) is 0 Å². The third-order valence-electron chi connectivity index (χ3n) is 5.91. The van der Waals surface area contributed by atoms with Crippen molar-refractivity contribution >= 4 is 5.84 Å². The molecule has 35 heavy (non-hydrogen) atoms. The van der Waals surface area contributed by atoms with Crippen LogP contribution in [0.4, 0.5) is 17.6 Å². The number of nitrogens with one attached hydrogen (secondary N) is 2. The second kappa shape index (κ2) is 11.0. The predicted octanol–water partition coefficient (Wildman–Crippen LogP) is 3.63. The molecule has 2 aliphatic rings. The number of aryl methyl sites for hydroxylation is 1. The zero-order valence-electron chi connectivity index (χ0n) is 19.3. The number of nitrogens with zero attached hydrogens (tertiary/aromatic N) is 4. The van der Waals surface area contributed by atoms with Gasteiger partial charge in [-0.2, -0.15) is 22.7 Å². The number of hydrogen-bond donors (Lipinski definition) is 3. The molecule has 2 aromatic rings. The Morgan fingerprint density at radius 2 is 1.77 bits per heavy atom. The molecular weight excluding hydrogens is 462 g/mol. The number of alkyl halides is 3. The monoisotopic (exact) mass is 491 g/mol. The first-order chi connectivity index (χ1) is 16.8. The van der Waals surface area contributed by atoms with Gasteiger partial charge in [0.1, 0.15) is 12.5 Å². The van der Waals surface area contributed by atoms with Gasteiger partial charge in [-0.25, -0.2) is 4.99 Å². The number of rotatable bonds is 10. The van der Waals surface area contributed by atoms with E-state index in [1.165, 1.54) is 11.6 Å². The van der Waals surface area contributed by atoms with Crippen molar-refractivity contribution in [3.63, 3.8) is 0 Å². The van der Waals surface area contributed by atoms with E-state index in [0.717, 1.165) is 43.7 Å². The highest BCUT2D eigenvalue weighted by atomic mass is 19.4. The number of benzene rings is 1. The molecule has 0 spiro atoms. The van der Waals surface area contributed by atoms with E-state index >= 15 is 4.39 Å². The molecule has 0 saturated heterocycles. The van der Waals surface area contributed by atoms with Gasteiger partial charge in [0.2, 0.25) is 5.83 Å². The third kappa shape index (κ3) is 6.68. The zero-order chi connectivity index (χ0) is 24.8. The van der Waals surface area contributed by atoms with Crippen LogP contribution < -0.4 is 16.4 Å². The van der Waals surface area contributed by atoms with Crippen molar-refractivity contribution in [3.05, 3.63) is 70.6 Å². The van der Waals surface area contributed by atoms with E-state index in [4.69, 9.17) is 5.73 Å². The van der Waals surface area contributed by atoms with Crippen LogP contribution in [-0.2, 0) is 25.7 Å². The van der Waals surface area contributed by atoms with E-state index < -0.39 is 17.7 Å². The molecular formula is C24H29F4N7. The fourth-order valence-corrected chi connectivity index (χ4v) is 3.83. The number of halogens is 4. The summed E-state index contributed by atoms with van der Waals surface area (Å²) in [7, 11) is 0. The van der Waals surface area contributed by atoms with Gasteiger partial charge in [-0.3, -0.25) is 0 Å². The highest BCUT2D eigenvalue weighted by Gasteiger charge is 2.36. The minimum absolute atomic E-state index is 0.0646. The molecule has 1 fully saturated rings. The molecule has 4 rings (SSSR count). The Bertz CT molecular complexity index is 1050. The number of aliphatic imine (C=N–C) groups is 1. The summed E-state index contributed by atoms with van der Waals surface area (Å²) in [6.07, 6.45) is 0.180. The lowest BCUT2D eigenvalue weighted by Gasteiger charge is -2.28. The molecule has 11 heteroatoms. The Morgan fingerprint density at radius 3 is 2.40 bits per heavy atom. The first-order valence-electron chi connectivity index (χ1n) is 11.7. The van der Waals surface area contributed by atoms with Gasteiger partial charge in [0, 0.05) is 12.6 Å². The van der Waals surface area contributed by atoms with Crippen LogP contribution >= 0.6 is 0 Å². The summed E-state index contributed by atoms with van der Waals surface area (Å²) in [6.45, 7) is 1.44. The van der Waals surface area contributed by atoms with Gasteiger partial charge in [0.25, 0.3) is 0 Å². The van der Waals surface area contributed by atoms with Crippen molar-refractivity contribution < 1.29 is 17.6 Å². The highest BCUT2D eigenvalue weighted by molar-refractivity contribution is 5.97. The number of nitrogens with two attached hydrogens (primary N) is 1. The summed E-state index contributed by atoms with van der Waals surface area (Å²) in [6, 6.07) is 10.4. The molecule has 7 nitrogen and oxygen atoms in total. The van der Waals surface area contributed by atoms with E-state index in [1.807, 2.05) is 12.1 Å². The standard InChI is InChI=1S/C24H29F4N7/c25-21-22(30-13-17-6-4-16(5-7-17)3-1-2-12-29)31-15-32-23(21)35(19-9-10-19)14-18-8-11-20(34-33-18)24(26,27)28/h4-8,11,19,30-31H,1-3,9-10,12-15,29H2. The normalized spacial score (nSPS) is 16.1. The van der Waals surface area contributed by atoms with Crippen LogP contribution in [0.3, 0.4) is 0 Å². The number of unbranched alkanes of at least 4 members (excludes halogenated alkanes) is 1. The quantitative estimate of drug-likeness (QED) is 0.347. The fourth-order valence-electron chi connectivity index (χ4n) is 3.83. The molecule has 2 heterocycles. The smallest absolute Gasteiger partial charge is 0.365 e. The molecule has 1 aromatic heterocycles. The van der Waals surface area contributed by atoms with Crippen molar-refractivity contribution in [2.75, 3.05) is 13.2 Å². The van der Waals surface area contributed by atoms with Gasteiger partial charge in [0.15, 0.2) is 11.5 Å². The summed E-state index contributed by atoms with van der Waals surface area (Å²) in [5.74, 6) is -0.113. The van der Waals surface area contributed by atoms with E-state index in [2.05, 4.69) is 38.0 Å².